The molecule has 0 aromatic heterocycles. The summed E-state index contributed by atoms with van der Waals surface area (Å²) in [4.78, 5) is 11.6. The number of benzene rings is 2. The van der Waals surface area contributed by atoms with Crippen LogP contribution in [0.15, 0.2) is 30.3 Å². The van der Waals surface area contributed by atoms with Crippen molar-refractivity contribution in [1.82, 2.24) is 0 Å². The van der Waals surface area contributed by atoms with Crippen LogP contribution in [0, 0.1) is 0 Å². The Labute approximate surface area is 122 Å². The maximum absolute atomic E-state index is 11.6. The summed E-state index contributed by atoms with van der Waals surface area (Å²) in [5.41, 5.74) is 2.10. The molecular formula is C17H16O4. The third kappa shape index (κ3) is 2.03. The molecule has 2 aromatic carbocycles. The Balaban J connectivity index is 2.32. The highest BCUT2D eigenvalue weighted by atomic mass is 16.5. The van der Waals surface area contributed by atoms with Gasteiger partial charge in [-0.05, 0) is 44.5 Å². The number of ether oxygens (including phenoxy) is 1. The molecule has 4 nitrogen and oxygen atoms in total. The lowest BCUT2D eigenvalue weighted by atomic mass is 9.85. The van der Waals surface area contributed by atoms with Crippen LogP contribution in [0.5, 0.6) is 17.2 Å². The molecule has 0 saturated heterocycles. The van der Waals surface area contributed by atoms with Gasteiger partial charge in [-0.1, -0.05) is 6.07 Å². The maximum atomic E-state index is 11.6. The molecule has 0 aliphatic carbocycles. The number of hydrogen-bond donors (Lipinski definition) is 2. The van der Waals surface area contributed by atoms with Crippen LogP contribution in [0.2, 0.25) is 0 Å². The molecule has 0 saturated carbocycles. The molecule has 21 heavy (non-hydrogen) atoms. The first kappa shape index (κ1) is 13.5. The van der Waals surface area contributed by atoms with Gasteiger partial charge in [0.1, 0.15) is 22.8 Å². The second-order valence-corrected chi connectivity index (χ2v) is 5.76. The third-order valence-electron chi connectivity index (χ3n) is 3.78. The number of carbonyl (C=O) groups is 1. The van der Waals surface area contributed by atoms with Gasteiger partial charge < -0.3 is 14.9 Å². The molecule has 0 atom stereocenters. The minimum Gasteiger partial charge on any atom is -0.508 e. The standard InChI is InChI=1S/C17H16O4/c1-9(18)12-7-13-11-5-4-10(19)6-14(11)17(2,3)21-16(13)8-15(12)20/h4-8,19-20H,1-3H3. The predicted molar refractivity (Wildman–Crippen MR) is 78.9 cm³/mol. The Bertz CT molecular complexity index is 760. The van der Waals surface area contributed by atoms with E-state index in [0.717, 1.165) is 16.7 Å². The van der Waals surface area contributed by atoms with Gasteiger partial charge in [0.05, 0.1) is 5.56 Å². The molecular weight excluding hydrogens is 268 g/mol. The SMILES string of the molecule is CC(=O)c1cc2c(cc1O)OC(C)(C)c1cc(O)ccc1-2. The molecule has 4 heteroatoms. The van der Waals surface area contributed by atoms with Gasteiger partial charge in [0.15, 0.2) is 5.78 Å². The summed E-state index contributed by atoms with van der Waals surface area (Å²) < 4.78 is 5.93. The molecule has 1 aliphatic rings. The minimum absolute atomic E-state index is 0.0840. The van der Waals surface area contributed by atoms with Crippen molar-refractivity contribution in [3.63, 3.8) is 0 Å². The molecule has 0 unspecified atom stereocenters. The van der Waals surface area contributed by atoms with E-state index in [0.29, 0.717) is 5.75 Å². The molecule has 108 valence electrons. The van der Waals surface area contributed by atoms with Crippen molar-refractivity contribution in [2.75, 3.05) is 0 Å². The fourth-order valence-electron chi connectivity index (χ4n) is 2.74. The fourth-order valence-corrected chi connectivity index (χ4v) is 2.74. The van der Waals surface area contributed by atoms with Gasteiger partial charge in [-0.3, -0.25) is 4.79 Å². The van der Waals surface area contributed by atoms with E-state index in [1.54, 1.807) is 24.3 Å². The zero-order valence-corrected chi connectivity index (χ0v) is 12.1. The summed E-state index contributed by atoms with van der Waals surface area (Å²) in [6.07, 6.45) is 0. The summed E-state index contributed by atoms with van der Waals surface area (Å²) in [5, 5.41) is 19.7. The number of phenols is 2. The van der Waals surface area contributed by atoms with Crippen LogP contribution in [0.1, 0.15) is 36.7 Å². The normalized spacial score (nSPS) is 14.8. The molecule has 1 aliphatic heterocycles. The first-order valence-corrected chi connectivity index (χ1v) is 6.70. The molecule has 0 spiro atoms. The number of aromatic hydroxyl groups is 2. The zero-order valence-electron chi connectivity index (χ0n) is 12.1. The average Bonchev–Trinajstić information content (AvgIpc) is 2.37. The fraction of sp³-hybridized carbons (Fsp3) is 0.235. The van der Waals surface area contributed by atoms with Crippen LogP contribution in [-0.4, -0.2) is 16.0 Å². The summed E-state index contributed by atoms with van der Waals surface area (Å²) in [5.74, 6) is 0.403. The summed E-state index contributed by atoms with van der Waals surface area (Å²) in [7, 11) is 0. The molecule has 1 heterocycles. The largest absolute Gasteiger partial charge is 0.508 e. The number of carbonyl (C=O) groups excluding carboxylic acids is 1. The first-order chi connectivity index (χ1) is 9.79. The van der Waals surface area contributed by atoms with Gasteiger partial charge in [0.25, 0.3) is 0 Å². The minimum atomic E-state index is -0.634. The van der Waals surface area contributed by atoms with Crippen molar-refractivity contribution in [3.8, 4) is 28.4 Å². The van der Waals surface area contributed by atoms with E-state index in [9.17, 15) is 15.0 Å². The highest BCUT2D eigenvalue weighted by molar-refractivity contribution is 5.99. The summed E-state index contributed by atoms with van der Waals surface area (Å²) in [6, 6.07) is 8.18. The lowest BCUT2D eigenvalue weighted by Gasteiger charge is -2.35. The van der Waals surface area contributed by atoms with Crippen molar-refractivity contribution in [2.24, 2.45) is 0 Å². The van der Waals surface area contributed by atoms with Crippen LogP contribution in [0.3, 0.4) is 0 Å². The number of rotatable bonds is 1. The second-order valence-electron chi connectivity index (χ2n) is 5.76. The Morgan fingerprint density at radius 3 is 2.48 bits per heavy atom. The Morgan fingerprint density at radius 1 is 1.10 bits per heavy atom. The Hall–Kier alpha value is -2.49. The van der Waals surface area contributed by atoms with E-state index >= 15 is 0 Å². The number of fused-ring (bicyclic) bond motifs is 3. The van der Waals surface area contributed by atoms with E-state index in [1.807, 2.05) is 13.8 Å². The maximum Gasteiger partial charge on any atom is 0.163 e. The molecule has 0 radical (unpaired) electrons. The molecule has 3 rings (SSSR count). The number of ketones is 1. The van der Waals surface area contributed by atoms with Gasteiger partial charge >= 0.3 is 0 Å². The van der Waals surface area contributed by atoms with Crippen molar-refractivity contribution in [3.05, 3.63) is 41.5 Å². The smallest absolute Gasteiger partial charge is 0.163 e. The van der Waals surface area contributed by atoms with Gasteiger partial charge in [0.2, 0.25) is 0 Å². The second kappa shape index (κ2) is 4.25. The van der Waals surface area contributed by atoms with Crippen molar-refractivity contribution >= 4 is 5.78 Å². The van der Waals surface area contributed by atoms with E-state index in [1.165, 1.54) is 13.0 Å². The summed E-state index contributed by atoms with van der Waals surface area (Å²) >= 11 is 0. The molecule has 0 fully saturated rings. The quantitative estimate of drug-likeness (QED) is 0.785. The lowest BCUT2D eigenvalue weighted by Crippen LogP contribution is -2.29. The third-order valence-corrected chi connectivity index (χ3v) is 3.78. The summed E-state index contributed by atoms with van der Waals surface area (Å²) in [6.45, 7) is 5.20. The zero-order chi connectivity index (χ0) is 15.4. The highest BCUT2D eigenvalue weighted by Gasteiger charge is 2.33. The van der Waals surface area contributed by atoms with Crippen molar-refractivity contribution < 1.29 is 19.7 Å². The first-order valence-electron chi connectivity index (χ1n) is 6.70. The average molecular weight is 284 g/mol. The van der Waals surface area contributed by atoms with Gasteiger partial charge in [-0.2, -0.15) is 0 Å². The van der Waals surface area contributed by atoms with Crippen molar-refractivity contribution in [1.29, 1.82) is 0 Å². The van der Waals surface area contributed by atoms with Crippen LogP contribution in [-0.2, 0) is 5.60 Å². The van der Waals surface area contributed by atoms with Gasteiger partial charge in [-0.15, -0.1) is 0 Å². The Morgan fingerprint density at radius 2 is 1.81 bits per heavy atom. The molecule has 2 N–H and O–H groups in total. The number of hydrogen-bond acceptors (Lipinski definition) is 4. The van der Waals surface area contributed by atoms with Gasteiger partial charge in [0, 0.05) is 17.2 Å². The van der Waals surface area contributed by atoms with Crippen LogP contribution in [0.4, 0.5) is 0 Å². The van der Waals surface area contributed by atoms with Gasteiger partial charge in [-0.25, -0.2) is 0 Å². The van der Waals surface area contributed by atoms with E-state index in [-0.39, 0.29) is 22.8 Å². The highest BCUT2D eigenvalue weighted by Crippen LogP contribution is 2.47. The molecule has 0 bridgehead atoms. The monoisotopic (exact) mass is 284 g/mol. The lowest BCUT2D eigenvalue weighted by molar-refractivity contribution is 0.101. The van der Waals surface area contributed by atoms with E-state index < -0.39 is 5.60 Å². The Kier molecular flexibility index (Phi) is 2.73. The number of phenolic OH excluding ortho intramolecular Hbond substituents is 2. The predicted octanol–water partition coefficient (Wildman–Crippen LogP) is 3.59. The topological polar surface area (TPSA) is 66.8 Å². The van der Waals surface area contributed by atoms with Crippen LogP contribution >= 0.6 is 0 Å². The van der Waals surface area contributed by atoms with E-state index in [4.69, 9.17) is 4.74 Å². The molecule has 0 amide bonds. The van der Waals surface area contributed by atoms with Crippen molar-refractivity contribution in [2.45, 2.75) is 26.4 Å². The molecule has 2 aromatic rings. The number of Topliss-reactive ketones (excluding diaryl/α,β-unsaturated/α-hetero) is 1. The van der Waals surface area contributed by atoms with Crippen LogP contribution < -0.4 is 4.74 Å². The van der Waals surface area contributed by atoms with Crippen LogP contribution in [0.25, 0.3) is 11.1 Å². The van der Waals surface area contributed by atoms with E-state index in [2.05, 4.69) is 0 Å².